The SMILES string of the molecule is OCc1ccc(O)cc1OC(F)(F)F. The molecule has 3 nitrogen and oxygen atoms in total. The van der Waals surface area contributed by atoms with Gasteiger partial charge in [-0.2, -0.15) is 0 Å². The molecule has 6 heteroatoms. The van der Waals surface area contributed by atoms with Gasteiger partial charge in [0, 0.05) is 11.6 Å². The van der Waals surface area contributed by atoms with Crippen LogP contribution in [0.4, 0.5) is 13.2 Å². The Morgan fingerprint density at radius 1 is 1.29 bits per heavy atom. The van der Waals surface area contributed by atoms with Gasteiger partial charge < -0.3 is 14.9 Å². The van der Waals surface area contributed by atoms with E-state index in [2.05, 4.69) is 4.74 Å². The zero-order chi connectivity index (χ0) is 10.8. The molecule has 0 saturated heterocycles. The molecule has 0 aliphatic heterocycles. The number of benzene rings is 1. The lowest BCUT2D eigenvalue weighted by molar-refractivity contribution is -0.275. The van der Waals surface area contributed by atoms with E-state index in [-0.39, 0.29) is 11.3 Å². The Balaban J connectivity index is 2.99. The second-order valence-electron chi connectivity index (χ2n) is 2.50. The van der Waals surface area contributed by atoms with E-state index in [1.54, 1.807) is 0 Å². The average molecular weight is 208 g/mol. The fourth-order valence-corrected chi connectivity index (χ4v) is 0.894. The number of aliphatic hydroxyl groups excluding tert-OH is 1. The topological polar surface area (TPSA) is 49.7 Å². The molecule has 0 unspecified atom stereocenters. The Morgan fingerprint density at radius 2 is 1.93 bits per heavy atom. The van der Waals surface area contributed by atoms with Crippen molar-refractivity contribution in [2.45, 2.75) is 13.0 Å². The Morgan fingerprint density at radius 3 is 2.43 bits per heavy atom. The van der Waals surface area contributed by atoms with Crippen molar-refractivity contribution in [3.63, 3.8) is 0 Å². The molecule has 0 spiro atoms. The fourth-order valence-electron chi connectivity index (χ4n) is 0.894. The van der Waals surface area contributed by atoms with E-state index in [1.165, 1.54) is 0 Å². The van der Waals surface area contributed by atoms with Gasteiger partial charge in [-0.05, 0) is 12.1 Å². The third-order valence-electron chi connectivity index (χ3n) is 1.45. The third kappa shape index (κ3) is 2.81. The summed E-state index contributed by atoms with van der Waals surface area (Å²) in [6.45, 7) is -0.592. The van der Waals surface area contributed by atoms with Gasteiger partial charge in [-0.25, -0.2) is 0 Å². The summed E-state index contributed by atoms with van der Waals surface area (Å²) in [5.41, 5.74) is -0.0416. The number of phenolic OH excluding ortho intramolecular Hbond substituents is 1. The zero-order valence-electron chi connectivity index (χ0n) is 6.88. The Kier molecular flexibility index (Phi) is 2.85. The summed E-state index contributed by atoms with van der Waals surface area (Å²) in [6, 6.07) is 3.10. The Labute approximate surface area is 77.4 Å². The van der Waals surface area contributed by atoms with Gasteiger partial charge in [0.05, 0.1) is 6.61 Å². The quantitative estimate of drug-likeness (QED) is 0.778. The number of alkyl halides is 3. The number of ether oxygens (including phenoxy) is 1. The highest BCUT2D eigenvalue weighted by Crippen LogP contribution is 2.29. The van der Waals surface area contributed by atoms with Gasteiger partial charge in [0.2, 0.25) is 0 Å². The summed E-state index contributed by atoms with van der Waals surface area (Å²) in [5, 5.41) is 17.6. The normalized spacial score (nSPS) is 11.4. The molecule has 1 rings (SSSR count). The van der Waals surface area contributed by atoms with Gasteiger partial charge in [-0.3, -0.25) is 0 Å². The van der Waals surface area contributed by atoms with Crippen molar-refractivity contribution < 1.29 is 28.1 Å². The smallest absolute Gasteiger partial charge is 0.508 e. The molecule has 0 fully saturated rings. The fraction of sp³-hybridized carbons (Fsp3) is 0.250. The summed E-state index contributed by atoms with van der Waals surface area (Å²) in [5.74, 6) is -0.957. The summed E-state index contributed by atoms with van der Waals surface area (Å²) in [6.07, 6.45) is -4.84. The Hall–Kier alpha value is -1.43. The summed E-state index contributed by atoms with van der Waals surface area (Å²) >= 11 is 0. The van der Waals surface area contributed by atoms with Crippen molar-refractivity contribution in [1.29, 1.82) is 0 Å². The number of rotatable bonds is 2. The van der Waals surface area contributed by atoms with Crippen LogP contribution in [0.15, 0.2) is 18.2 Å². The van der Waals surface area contributed by atoms with Crippen molar-refractivity contribution in [2.24, 2.45) is 0 Å². The lowest BCUT2D eigenvalue weighted by Crippen LogP contribution is -2.18. The molecule has 0 amide bonds. The highest BCUT2D eigenvalue weighted by Gasteiger charge is 2.32. The molecule has 78 valence electrons. The standard InChI is InChI=1S/C8H7F3O3/c9-8(10,11)14-7-3-6(13)2-1-5(7)4-12/h1-3,12-13H,4H2. The summed E-state index contributed by atoms with van der Waals surface area (Å²) < 4.78 is 39.0. The van der Waals surface area contributed by atoms with E-state index in [9.17, 15) is 13.2 Å². The molecule has 0 aliphatic carbocycles. The minimum absolute atomic E-state index is 0.0416. The highest BCUT2D eigenvalue weighted by atomic mass is 19.4. The second-order valence-corrected chi connectivity index (χ2v) is 2.50. The van der Waals surface area contributed by atoms with Gasteiger partial charge in [0.1, 0.15) is 11.5 Å². The van der Waals surface area contributed by atoms with Crippen LogP contribution in [0.2, 0.25) is 0 Å². The predicted octanol–water partition coefficient (Wildman–Crippen LogP) is 1.78. The van der Waals surface area contributed by atoms with Crippen molar-refractivity contribution in [3.05, 3.63) is 23.8 Å². The van der Waals surface area contributed by atoms with Crippen molar-refractivity contribution >= 4 is 0 Å². The van der Waals surface area contributed by atoms with Gasteiger partial charge >= 0.3 is 6.36 Å². The van der Waals surface area contributed by atoms with Crippen molar-refractivity contribution in [1.82, 2.24) is 0 Å². The lowest BCUT2D eigenvalue weighted by Gasteiger charge is -2.11. The first-order valence-corrected chi connectivity index (χ1v) is 3.61. The number of aliphatic hydroxyl groups is 1. The van der Waals surface area contributed by atoms with Crippen LogP contribution in [0, 0.1) is 0 Å². The molecule has 0 aliphatic rings. The van der Waals surface area contributed by atoms with Crippen LogP contribution < -0.4 is 4.74 Å². The minimum atomic E-state index is -4.84. The van der Waals surface area contributed by atoms with Gasteiger partial charge in [-0.15, -0.1) is 13.2 Å². The van der Waals surface area contributed by atoms with Gasteiger partial charge in [0.15, 0.2) is 0 Å². The number of hydrogen-bond donors (Lipinski definition) is 2. The third-order valence-corrected chi connectivity index (χ3v) is 1.45. The van der Waals surface area contributed by atoms with Crippen LogP contribution in [0.3, 0.4) is 0 Å². The number of phenols is 1. The molecular weight excluding hydrogens is 201 g/mol. The number of halogens is 3. The van der Waals surface area contributed by atoms with Gasteiger partial charge in [0.25, 0.3) is 0 Å². The molecule has 2 N–H and O–H groups in total. The molecule has 0 radical (unpaired) electrons. The molecule has 1 aromatic rings. The van der Waals surface area contributed by atoms with Crippen molar-refractivity contribution in [2.75, 3.05) is 0 Å². The van der Waals surface area contributed by atoms with Crippen LogP contribution in [0.5, 0.6) is 11.5 Å². The molecule has 0 aromatic heterocycles. The summed E-state index contributed by atoms with van der Waals surface area (Å²) in [7, 11) is 0. The predicted molar refractivity (Wildman–Crippen MR) is 40.7 cm³/mol. The second kappa shape index (κ2) is 3.75. The lowest BCUT2D eigenvalue weighted by atomic mass is 10.2. The maximum absolute atomic E-state index is 11.8. The number of hydrogen-bond acceptors (Lipinski definition) is 3. The number of aromatic hydroxyl groups is 1. The Bertz CT molecular complexity index is 322. The summed E-state index contributed by atoms with van der Waals surface area (Å²) in [4.78, 5) is 0. The van der Waals surface area contributed by atoms with E-state index in [0.717, 1.165) is 18.2 Å². The monoisotopic (exact) mass is 208 g/mol. The van der Waals surface area contributed by atoms with Crippen molar-refractivity contribution in [3.8, 4) is 11.5 Å². The molecule has 0 bridgehead atoms. The minimum Gasteiger partial charge on any atom is -0.508 e. The van der Waals surface area contributed by atoms with Crippen LogP contribution in [0.1, 0.15) is 5.56 Å². The molecule has 14 heavy (non-hydrogen) atoms. The molecule has 0 atom stereocenters. The van der Waals surface area contributed by atoms with Crippen LogP contribution in [0.25, 0.3) is 0 Å². The largest absolute Gasteiger partial charge is 0.573 e. The van der Waals surface area contributed by atoms with E-state index in [4.69, 9.17) is 10.2 Å². The van der Waals surface area contributed by atoms with E-state index >= 15 is 0 Å². The molecule has 1 aromatic carbocycles. The molecule has 0 saturated carbocycles. The molecular formula is C8H7F3O3. The maximum Gasteiger partial charge on any atom is 0.573 e. The van der Waals surface area contributed by atoms with Crippen LogP contribution in [-0.2, 0) is 6.61 Å². The van der Waals surface area contributed by atoms with E-state index < -0.39 is 18.7 Å². The first-order chi connectivity index (χ1) is 6.42. The maximum atomic E-state index is 11.8. The van der Waals surface area contributed by atoms with E-state index in [1.807, 2.05) is 0 Å². The zero-order valence-corrected chi connectivity index (χ0v) is 6.88. The highest BCUT2D eigenvalue weighted by molar-refractivity contribution is 5.39. The van der Waals surface area contributed by atoms with Crippen LogP contribution >= 0.6 is 0 Å². The first-order valence-electron chi connectivity index (χ1n) is 3.61. The van der Waals surface area contributed by atoms with Gasteiger partial charge in [-0.1, -0.05) is 0 Å². The first kappa shape index (κ1) is 10.6. The van der Waals surface area contributed by atoms with E-state index in [0.29, 0.717) is 0 Å². The average Bonchev–Trinajstić information content (AvgIpc) is 2.01. The molecule has 0 heterocycles. The van der Waals surface area contributed by atoms with Crippen LogP contribution in [-0.4, -0.2) is 16.6 Å².